The molecule has 0 bridgehead atoms. The molecule has 1 aliphatic rings. The number of benzene rings is 1. The maximum Gasteiger partial charge on any atom is 0.418 e. The van der Waals surface area contributed by atoms with E-state index in [1.54, 1.807) is 0 Å². The third-order valence-corrected chi connectivity index (χ3v) is 3.25. The number of alkyl halides is 6. The van der Waals surface area contributed by atoms with Crippen molar-refractivity contribution < 1.29 is 26.3 Å². The maximum absolute atomic E-state index is 13.1. The van der Waals surface area contributed by atoms with Gasteiger partial charge in [-0.1, -0.05) is 6.07 Å². The van der Waals surface area contributed by atoms with Gasteiger partial charge in [0.2, 0.25) is 0 Å². The third-order valence-electron chi connectivity index (χ3n) is 3.25. The summed E-state index contributed by atoms with van der Waals surface area (Å²) in [4.78, 5) is 0.795. The number of nitrogens with two attached hydrogens (primary N) is 1. The summed E-state index contributed by atoms with van der Waals surface area (Å²) in [6.45, 7) is -1.49. The van der Waals surface area contributed by atoms with Crippen LogP contribution in [-0.2, 0) is 12.7 Å². The first kappa shape index (κ1) is 15.9. The minimum absolute atomic E-state index is 0.105. The van der Waals surface area contributed by atoms with Gasteiger partial charge >= 0.3 is 12.4 Å². The van der Waals surface area contributed by atoms with Crippen LogP contribution in [0.5, 0.6) is 0 Å². The summed E-state index contributed by atoms with van der Waals surface area (Å²) in [5.41, 5.74) is 4.03. The number of nitrogens with zero attached hydrogens (tertiary/aromatic N) is 1. The van der Waals surface area contributed by atoms with Crippen molar-refractivity contribution in [2.24, 2.45) is 5.73 Å². The van der Waals surface area contributed by atoms with Gasteiger partial charge in [-0.2, -0.15) is 26.3 Å². The molecule has 1 aromatic carbocycles. The summed E-state index contributed by atoms with van der Waals surface area (Å²) in [5, 5.41) is 0. The Hall–Kier alpha value is -1.44. The quantitative estimate of drug-likeness (QED) is 0.859. The lowest BCUT2D eigenvalue weighted by atomic mass is 10.1. The summed E-state index contributed by atoms with van der Waals surface area (Å²) < 4.78 is 77.1. The second-order valence-corrected chi connectivity index (χ2v) is 5.03. The molecule has 0 atom stereocenters. The van der Waals surface area contributed by atoms with Crippen molar-refractivity contribution in [2.75, 3.05) is 11.4 Å². The standard InChI is InChI=1S/C13H14F6N2/c14-12(15,16)7-21(9-2-3-9)11-4-1-8(6-20)5-10(11)13(17,18)19/h1,4-5,9H,2-3,6-7,20H2. The first-order chi connectivity index (χ1) is 9.62. The molecule has 2 N–H and O–H groups in total. The van der Waals surface area contributed by atoms with Crippen molar-refractivity contribution in [1.82, 2.24) is 0 Å². The molecule has 21 heavy (non-hydrogen) atoms. The van der Waals surface area contributed by atoms with Crippen LogP contribution >= 0.6 is 0 Å². The van der Waals surface area contributed by atoms with Gasteiger partial charge in [-0.3, -0.25) is 0 Å². The second-order valence-electron chi connectivity index (χ2n) is 5.03. The van der Waals surface area contributed by atoms with E-state index in [4.69, 9.17) is 5.73 Å². The third kappa shape index (κ3) is 4.03. The second kappa shape index (κ2) is 5.40. The molecule has 0 spiro atoms. The summed E-state index contributed by atoms with van der Waals surface area (Å²) in [5.74, 6) is 0. The number of anilines is 1. The first-order valence-electron chi connectivity index (χ1n) is 6.35. The highest BCUT2D eigenvalue weighted by Crippen LogP contribution is 2.42. The highest BCUT2D eigenvalue weighted by Gasteiger charge is 2.42. The monoisotopic (exact) mass is 312 g/mol. The normalized spacial score (nSPS) is 16.1. The largest absolute Gasteiger partial charge is 0.418 e. The number of hydrogen-bond donors (Lipinski definition) is 1. The molecule has 2 nitrogen and oxygen atoms in total. The van der Waals surface area contributed by atoms with E-state index in [-0.39, 0.29) is 12.1 Å². The molecule has 0 aromatic heterocycles. The van der Waals surface area contributed by atoms with Crippen LogP contribution in [0.3, 0.4) is 0 Å². The van der Waals surface area contributed by atoms with Crippen LogP contribution in [0.25, 0.3) is 0 Å². The zero-order chi connectivity index (χ0) is 15.8. The summed E-state index contributed by atoms with van der Waals surface area (Å²) in [6, 6.07) is 2.74. The van der Waals surface area contributed by atoms with Crippen LogP contribution < -0.4 is 10.6 Å². The van der Waals surface area contributed by atoms with Gasteiger partial charge in [0.15, 0.2) is 0 Å². The molecular formula is C13H14F6N2. The maximum atomic E-state index is 13.1. The van der Waals surface area contributed by atoms with Crippen molar-refractivity contribution in [3.8, 4) is 0 Å². The molecule has 8 heteroatoms. The van der Waals surface area contributed by atoms with Gasteiger partial charge in [0.25, 0.3) is 0 Å². The van der Waals surface area contributed by atoms with Crippen molar-refractivity contribution in [3.05, 3.63) is 29.3 Å². The molecule has 2 rings (SSSR count). The Bertz CT molecular complexity index is 504. The highest BCUT2D eigenvalue weighted by molar-refractivity contribution is 5.58. The van der Waals surface area contributed by atoms with E-state index in [0.29, 0.717) is 12.8 Å². The van der Waals surface area contributed by atoms with Crippen molar-refractivity contribution in [2.45, 2.75) is 37.8 Å². The molecule has 0 radical (unpaired) electrons. The topological polar surface area (TPSA) is 29.3 Å². The molecule has 0 aliphatic heterocycles. The lowest BCUT2D eigenvalue weighted by molar-refractivity contribution is -0.138. The molecule has 0 amide bonds. The Kier molecular flexibility index (Phi) is 4.10. The van der Waals surface area contributed by atoms with Crippen molar-refractivity contribution in [1.29, 1.82) is 0 Å². The zero-order valence-corrected chi connectivity index (χ0v) is 10.9. The van der Waals surface area contributed by atoms with Gasteiger partial charge in [0, 0.05) is 18.3 Å². The molecule has 0 saturated heterocycles. The fraction of sp³-hybridized carbons (Fsp3) is 0.538. The minimum atomic E-state index is -4.72. The van der Waals surface area contributed by atoms with E-state index in [9.17, 15) is 26.3 Å². The van der Waals surface area contributed by atoms with Crippen LogP contribution in [0.4, 0.5) is 32.0 Å². The average molecular weight is 312 g/mol. The van der Waals surface area contributed by atoms with Gasteiger partial charge in [-0.15, -0.1) is 0 Å². The molecule has 118 valence electrons. The number of hydrogen-bond acceptors (Lipinski definition) is 2. The van der Waals surface area contributed by atoms with E-state index in [2.05, 4.69) is 0 Å². The number of halogens is 6. The van der Waals surface area contributed by atoms with Gasteiger partial charge in [0.1, 0.15) is 6.54 Å². The van der Waals surface area contributed by atoms with E-state index >= 15 is 0 Å². The van der Waals surface area contributed by atoms with Gasteiger partial charge in [-0.05, 0) is 30.5 Å². The Morgan fingerprint density at radius 1 is 1.10 bits per heavy atom. The molecule has 1 aromatic rings. The SMILES string of the molecule is NCc1ccc(N(CC(F)(F)F)C2CC2)c(C(F)(F)F)c1. The minimum Gasteiger partial charge on any atom is -0.359 e. The van der Waals surface area contributed by atoms with Crippen LogP contribution in [0.1, 0.15) is 24.0 Å². The predicted molar refractivity (Wildman–Crippen MR) is 65.8 cm³/mol. The molecule has 1 saturated carbocycles. The van der Waals surface area contributed by atoms with E-state index < -0.39 is 36.2 Å². The Morgan fingerprint density at radius 2 is 1.71 bits per heavy atom. The smallest absolute Gasteiger partial charge is 0.359 e. The molecule has 1 fully saturated rings. The first-order valence-corrected chi connectivity index (χ1v) is 6.35. The Labute approximate surface area is 117 Å². The fourth-order valence-electron chi connectivity index (χ4n) is 2.18. The zero-order valence-electron chi connectivity index (χ0n) is 10.9. The van der Waals surface area contributed by atoms with E-state index in [1.807, 2.05) is 0 Å². The lowest BCUT2D eigenvalue weighted by Crippen LogP contribution is -2.37. The van der Waals surface area contributed by atoms with Crippen LogP contribution in [-0.4, -0.2) is 18.8 Å². The Balaban J connectivity index is 2.44. The van der Waals surface area contributed by atoms with Crippen molar-refractivity contribution >= 4 is 5.69 Å². The van der Waals surface area contributed by atoms with Crippen LogP contribution in [0, 0.1) is 0 Å². The fourth-order valence-corrected chi connectivity index (χ4v) is 2.18. The van der Waals surface area contributed by atoms with E-state index in [0.717, 1.165) is 17.0 Å². The number of rotatable bonds is 4. The summed E-state index contributed by atoms with van der Waals surface area (Å²) >= 11 is 0. The molecular weight excluding hydrogens is 298 g/mol. The lowest BCUT2D eigenvalue weighted by Gasteiger charge is -2.29. The van der Waals surface area contributed by atoms with Gasteiger partial charge < -0.3 is 10.6 Å². The average Bonchev–Trinajstić information content (AvgIpc) is 3.17. The van der Waals surface area contributed by atoms with Crippen molar-refractivity contribution in [3.63, 3.8) is 0 Å². The molecule has 0 unspecified atom stereocenters. The molecule has 1 aliphatic carbocycles. The van der Waals surface area contributed by atoms with Gasteiger partial charge in [-0.25, -0.2) is 0 Å². The summed E-state index contributed by atoms with van der Waals surface area (Å²) in [7, 11) is 0. The molecule has 0 heterocycles. The van der Waals surface area contributed by atoms with Crippen LogP contribution in [0.2, 0.25) is 0 Å². The van der Waals surface area contributed by atoms with Crippen LogP contribution in [0.15, 0.2) is 18.2 Å². The van der Waals surface area contributed by atoms with E-state index in [1.165, 1.54) is 6.07 Å². The predicted octanol–water partition coefficient (Wildman–Crippen LogP) is 3.70. The van der Waals surface area contributed by atoms with Gasteiger partial charge in [0.05, 0.1) is 5.56 Å². The summed E-state index contributed by atoms with van der Waals surface area (Å²) in [6.07, 6.45) is -8.35. The Morgan fingerprint density at radius 3 is 2.14 bits per heavy atom. The highest BCUT2D eigenvalue weighted by atomic mass is 19.4.